The van der Waals surface area contributed by atoms with E-state index in [0.29, 0.717) is 23.0 Å². The van der Waals surface area contributed by atoms with Crippen molar-refractivity contribution in [2.45, 2.75) is 13.0 Å². The van der Waals surface area contributed by atoms with Crippen molar-refractivity contribution in [3.8, 4) is 23.0 Å². The summed E-state index contributed by atoms with van der Waals surface area (Å²) in [6.45, 7) is 1.36. The number of amides is 1. The molecule has 0 aliphatic carbocycles. The summed E-state index contributed by atoms with van der Waals surface area (Å²) in [5, 5.41) is 2.81. The van der Waals surface area contributed by atoms with Crippen LogP contribution in [0.25, 0.3) is 0 Å². The van der Waals surface area contributed by atoms with Crippen LogP contribution in [0.5, 0.6) is 23.0 Å². The van der Waals surface area contributed by atoms with E-state index in [-0.39, 0.29) is 5.69 Å². The van der Waals surface area contributed by atoms with Crippen LogP contribution in [-0.2, 0) is 14.8 Å². The number of anilines is 1. The Balaban J connectivity index is 2.27. The lowest BCUT2D eigenvalue weighted by Gasteiger charge is -2.25. The van der Waals surface area contributed by atoms with Crippen molar-refractivity contribution in [1.82, 2.24) is 5.32 Å². The van der Waals surface area contributed by atoms with E-state index in [1.54, 1.807) is 37.3 Å². The minimum absolute atomic E-state index is 0.207. The fraction of sp³-hybridized carbons (Fsp3) is 0.381. The molecule has 0 aliphatic rings. The minimum Gasteiger partial charge on any atom is -0.497 e. The van der Waals surface area contributed by atoms with E-state index < -0.39 is 28.5 Å². The van der Waals surface area contributed by atoms with Gasteiger partial charge in [0, 0.05) is 6.07 Å². The first-order valence-electron chi connectivity index (χ1n) is 9.35. The maximum absolute atomic E-state index is 12.7. The van der Waals surface area contributed by atoms with E-state index in [9.17, 15) is 13.2 Å². The highest BCUT2D eigenvalue weighted by Gasteiger charge is 2.25. The maximum Gasteiger partial charge on any atom is 0.241 e. The SMILES string of the molecule is COc1ccc(OC)c(N(CC(=O)N[C@H](C)c2ccc(OC)c(OC)c2)S(C)(=O)=O)c1. The van der Waals surface area contributed by atoms with Crippen LogP contribution in [0.15, 0.2) is 36.4 Å². The summed E-state index contributed by atoms with van der Waals surface area (Å²) in [7, 11) is 2.16. The van der Waals surface area contributed by atoms with Crippen LogP contribution in [0.1, 0.15) is 18.5 Å². The first kappa shape index (κ1) is 24.1. The fourth-order valence-corrected chi connectivity index (χ4v) is 3.85. The largest absolute Gasteiger partial charge is 0.497 e. The quantitative estimate of drug-likeness (QED) is 0.590. The number of nitrogens with one attached hydrogen (secondary N) is 1. The van der Waals surface area contributed by atoms with Gasteiger partial charge in [-0.3, -0.25) is 9.10 Å². The average molecular weight is 453 g/mol. The summed E-state index contributed by atoms with van der Waals surface area (Å²) < 4.78 is 46.9. The Morgan fingerprint density at radius 3 is 2.10 bits per heavy atom. The number of ether oxygens (including phenoxy) is 4. The number of rotatable bonds is 10. The van der Waals surface area contributed by atoms with Crippen LogP contribution >= 0.6 is 0 Å². The number of methoxy groups -OCH3 is 4. The Morgan fingerprint density at radius 1 is 0.935 bits per heavy atom. The third kappa shape index (κ3) is 5.94. The molecule has 170 valence electrons. The highest BCUT2D eigenvalue weighted by atomic mass is 32.2. The lowest BCUT2D eigenvalue weighted by molar-refractivity contribution is -0.120. The molecule has 0 saturated carbocycles. The Kier molecular flexibility index (Phi) is 7.98. The van der Waals surface area contributed by atoms with Gasteiger partial charge in [-0.05, 0) is 36.8 Å². The van der Waals surface area contributed by atoms with E-state index in [1.807, 2.05) is 0 Å². The molecule has 1 N–H and O–H groups in total. The Morgan fingerprint density at radius 2 is 1.55 bits per heavy atom. The molecular weight excluding hydrogens is 424 g/mol. The molecular formula is C21H28N2O7S. The third-order valence-electron chi connectivity index (χ3n) is 4.63. The summed E-state index contributed by atoms with van der Waals surface area (Å²) in [6.07, 6.45) is 1.02. The molecule has 1 atom stereocenters. The number of carbonyl (C=O) groups is 1. The molecule has 31 heavy (non-hydrogen) atoms. The van der Waals surface area contributed by atoms with E-state index in [1.165, 1.54) is 34.5 Å². The predicted octanol–water partition coefficient (Wildman–Crippen LogP) is 2.36. The van der Waals surface area contributed by atoms with Crippen LogP contribution in [-0.4, -0.2) is 55.6 Å². The topological polar surface area (TPSA) is 103 Å². The second-order valence-corrected chi connectivity index (χ2v) is 8.62. The van der Waals surface area contributed by atoms with Gasteiger partial charge in [-0.1, -0.05) is 6.07 Å². The third-order valence-corrected chi connectivity index (χ3v) is 5.75. The normalized spacial score (nSPS) is 11.9. The summed E-state index contributed by atoms with van der Waals surface area (Å²) in [5.74, 6) is 1.34. The molecule has 0 unspecified atom stereocenters. The van der Waals surface area contributed by atoms with Crippen molar-refractivity contribution >= 4 is 21.6 Å². The first-order valence-corrected chi connectivity index (χ1v) is 11.2. The molecule has 9 nitrogen and oxygen atoms in total. The monoisotopic (exact) mass is 452 g/mol. The predicted molar refractivity (Wildman–Crippen MR) is 118 cm³/mol. The van der Waals surface area contributed by atoms with Gasteiger partial charge >= 0.3 is 0 Å². The lowest BCUT2D eigenvalue weighted by Crippen LogP contribution is -2.41. The van der Waals surface area contributed by atoms with Gasteiger partial charge < -0.3 is 24.3 Å². The highest BCUT2D eigenvalue weighted by Crippen LogP contribution is 2.34. The number of sulfonamides is 1. The summed E-state index contributed by atoms with van der Waals surface area (Å²) in [4.78, 5) is 12.7. The minimum atomic E-state index is -3.79. The van der Waals surface area contributed by atoms with Crippen LogP contribution in [0.4, 0.5) is 5.69 Å². The molecule has 0 fully saturated rings. The number of nitrogens with zero attached hydrogens (tertiary/aromatic N) is 1. The van der Waals surface area contributed by atoms with Gasteiger partial charge in [-0.15, -0.1) is 0 Å². The van der Waals surface area contributed by atoms with Gasteiger partial charge in [0.05, 0.1) is 46.4 Å². The standard InChI is InChI=1S/C21H28N2O7S/c1-14(15-7-9-19(29-4)20(11-15)30-5)22-21(24)13-23(31(6,25)26)17-12-16(27-2)8-10-18(17)28-3/h7-12,14H,13H2,1-6H3,(H,22,24)/t14-/m1/s1. The van der Waals surface area contributed by atoms with Gasteiger partial charge in [-0.25, -0.2) is 8.42 Å². The van der Waals surface area contributed by atoms with Gasteiger partial charge in [-0.2, -0.15) is 0 Å². The zero-order valence-corrected chi connectivity index (χ0v) is 19.3. The Labute approximate surface area is 182 Å². The second-order valence-electron chi connectivity index (χ2n) is 6.71. The van der Waals surface area contributed by atoms with Crippen LogP contribution in [0, 0.1) is 0 Å². The molecule has 2 aromatic rings. The number of carbonyl (C=O) groups excluding carboxylic acids is 1. The van der Waals surface area contributed by atoms with E-state index in [4.69, 9.17) is 18.9 Å². The molecule has 10 heteroatoms. The fourth-order valence-electron chi connectivity index (χ4n) is 3.00. The van der Waals surface area contributed by atoms with Crippen LogP contribution in [0.2, 0.25) is 0 Å². The molecule has 0 saturated heterocycles. The van der Waals surface area contributed by atoms with Gasteiger partial charge in [0.1, 0.15) is 18.0 Å². The summed E-state index contributed by atoms with van der Waals surface area (Å²) in [6, 6.07) is 9.61. The molecule has 2 aromatic carbocycles. The first-order chi connectivity index (χ1) is 14.6. The molecule has 0 spiro atoms. The molecule has 1 amide bonds. The van der Waals surface area contributed by atoms with Gasteiger partial charge in [0.15, 0.2) is 11.5 Å². The van der Waals surface area contributed by atoms with Crippen LogP contribution in [0.3, 0.4) is 0 Å². The van der Waals surface area contributed by atoms with Crippen molar-refractivity contribution in [3.63, 3.8) is 0 Å². The van der Waals surface area contributed by atoms with Crippen molar-refractivity contribution in [2.24, 2.45) is 0 Å². The zero-order valence-electron chi connectivity index (χ0n) is 18.5. The molecule has 0 aliphatic heterocycles. The number of hydrogen-bond donors (Lipinski definition) is 1. The van der Waals surface area contributed by atoms with E-state index in [0.717, 1.165) is 16.1 Å². The second kappa shape index (κ2) is 10.3. The van der Waals surface area contributed by atoms with Gasteiger partial charge in [0.25, 0.3) is 0 Å². The number of hydrogen-bond acceptors (Lipinski definition) is 7. The van der Waals surface area contributed by atoms with E-state index in [2.05, 4.69) is 5.32 Å². The van der Waals surface area contributed by atoms with Crippen LogP contribution < -0.4 is 28.6 Å². The van der Waals surface area contributed by atoms with Crippen molar-refractivity contribution < 1.29 is 32.2 Å². The molecule has 2 rings (SSSR count). The van der Waals surface area contributed by atoms with E-state index >= 15 is 0 Å². The molecule has 0 heterocycles. The van der Waals surface area contributed by atoms with Gasteiger partial charge in [0.2, 0.25) is 15.9 Å². The van der Waals surface area contributed by atoms with Crippen molar-refractivity contribution in [1.29, 1.82) is 0 Å². The Hall–Kier alpha value is -3.14. The molecule has 0 aromatic heterocycles. The average Bonchev–Trinajstić information content (AvgIpc) is 2.75. The number of benzene rings is 2. The van der Waals surface area contributed by atoms with Crippen molar-refractivity contribution in [3.05, 3.63) is 42.0 Å². The summed E-state index contributed by atoms with van der Waals surface area (Å²) >= 11 is 0. The maximum atomic E-state index is 12.7. The lowest BCUT2D eigenvalue weighted by atomic mass is 10.1. The smallest absolute Gasteiger partial charge is 0.241 e. The zero-order chi connectivity index (χ0) is 23.2. The molecule has 0 radical (unpaired) electrons. The van der Waals surface area contributed by atoms with Crippen molar-refractivity contribution in [2.75, 3.05) is 45.5 Å². The molecule has 0 bridgehead atoms. The highest BCUT2D eigenvalue weighted by molar-refractivity contribution is 7.92. The summed E-state index contributed by atoms with van der Waals surface area (Å²) in [5.41, 5.74) is 0.981. The Bertz CT molecular complexity index is 1020.